The predicted octanol–water partition coefficient (Wildman–Crippen LogP) is 3.02. The first-order chi connectivity index (χ1) is 8.31. The third-order valence-electron chi connectivity index (χ3n) is 3.19. The SMILES string of the molecule is CNCCC(C)Cc1ccnc2ccccc12. The zero-order valence-corrected chi connectivity index (χ0v) is 10.6. The monoisotopic (exact) mass is 228 g/mol. The van der Waals surface area contributed by atoms with E-state index in [1.165, 1.54) is 17.4 Å². The molecule has 17 heavy (non-hydrogen) atoms. The molecule has 0 saturated carbocycles. The summed E-state index contributed by atoms with van der Waals surface area (Å²) in [5, 5.41) is 4.51. The molecule has 0 aliphatic heterocycles. The fourth-order valence-electron chi connectivity index (χ4n) is 2.20. The van der Waals surface area contributed by atoms with Crippen LogP contribution in [0, 0.1) is 5.92 Å². The van der Waals surface area contributed by atoms with Crippen molar-refractivity contribution in [1.29, 1.82) is 0 Å². The minimum atomic E-state index is 0.702. The number of hydrogen-bond acceptors (Lipinski definition) is 2. The van der Waals surface area contributed by atoms with Gasteiger partial charge in [-0.3, -0.25) is 4.98 Å². The van der Waals surface area contributed by atoms with Crippen molar-refractivity contribution in [2.24, 2.45) is 5.92 Å². The summed E-state index contributed by atoms with van der Waals surface area (Å²) in [5.74, 6) is 0.702. The van der Waals surface area contributed by atoms with Crippen LogP contribution in [0.2, 0.25) is 0 Å². The van der Waals surface area contributed by atoms with Gasteiger partial charge in [-0.2, -0.15) is 0 Å². The quantitative estimate of drug-likeness (QED) is 0.851. The number of fused-ring (bicyclic) bond motifs is 1. The molecule has 1 aromatic carbocycles. The zero-order valence-electron chi connectivity index (χ0n) is 10.6. The maximum atomic E-state index is 4.40. The number of hydrogen-bond donors (Lipinski definition) is 1. The standard InChI is InChI=1S/C15H20N2/c1-12(7-9-16-2)11-13-8-10-17-15-6-4-3-5-14(13)15/h3-6,8,10,12,16H,7,9,11H2,1-2H3. The molecule has 1 heterocycles. The molecule has 0 saturated heterocycles. The van der Waals surface area contributed by atoms with E-state index in [0.717, 1.165) is 18.5 Å². The molecule has 0 aliphatic carbocycles. The van der Waals surface area contributed by atoms with E-state index >= 15 is 0 Å². The minimum Gasteiger partial charge on any atom is -0.320 e. The van der Waals surface area contributed by atoms with E-state index in [-0.39, 0.29) is 0 Å². The lowest BCUT2D eigenvalue weighted by molar-refractivity contribution is 0.516. The van der Waals surface area contributed by atoms with Crippen LogP contribution in [0.25, 0.3) is 10.9 Å². The van der Waals surface area contributed by atoms with Crippen molar-refractivity contribution in [3.05, 3.63) is 42.1 Å². The minimum absolute atomic E-state index is 0.702. The van der Waals surface area contributed by atoms with Crippen molar-refractivity contribution in [3.63, 3.8) is 0 Å². The second kappa shape index (κ2) is 5.78. The predicted molar refractivity (Wildman–Crippen MR) is 73.2 cm³/mol. The van der Waals surface area contributed by atoms with E-state index in [9.17, 15) is 0 Å². The van der Waals surface area contributed by atoms with E-state index in [4.69, 9.17) is 0 Å². The van der Waals surface area contributed by atoms with Crippen molar-refractivity contribution in [2.75, 3.05) is 13.6 Å². The van der Waals surface area contributed by atoms with Gasteiger partial charge in [0.15, 0.2) is 0 Å². The molecule has 1 atom stereocenters. The highest BCUT2D eigenvalue weighted by Gasteiger charge is 2.06. The molecule has 90 valence electrons. The maximum absolute atomic E-state index is 4.40. The summed E-state index contributed by atoms with van der Waals surface area (Å²) in [7, 11) is 2.01. The number of aromatic nitrogens is 1. The number of para-hydroxylation sites is 1. The van der Waals surface area contributed by atoms with Gasteiger partial charge in [-0.05, 0) is 50.0 Å². The Hall–Kier alpha value is -1.41. The molecular weight excluding hydrogens is 208 g/mol. The van der Waals surface area contributed by atoms with Gasteiger partial charge >= 0.3 is 0 Å². The van der Waals surface area contributed by atoms with Crippen LogP contribution in [0.3, 0.4) is 0 Å². The molecule has 0 spiro atoms. The molecule has 1 unspecified atom stereocenters. The molecule has 0 amide bonds. The highest BCUT2D eigenvalue weighted by atomic mass is 14.8. The molecule has 0 bridgehead atoms. The average Bonchev–Trinajstić information content (AvgIpc) is 2.37. The van der Waals surface area contributed by atoms with Crippen LogP contribution in [0.1, 0.15) is 18.9 Å². The zero-order chi connectivity index (χ0) is 12.1. The van der Waals surface area contributed by atoms with E-state index in [1.807, 2.05) is 19.3 Å². The van der Waals surface area contributed by atoms with Crippen LogP contribution < -0.4 is 5.32 Å². The summed E-state index contributed by atoms with van der Waals surface area (Å²) in [6, 6.07) is 10.5. The van der Waals surface area contributed by atoms with Gasteiger partial charge < -0.3 is 5.32 Å². The van der Waals surface area contributed by atoms with Crippen molar-refractivity contribution in [3.8, 4) is 0 Å². The number of benzene rings is 1. The molecule has 0 fully saturated rings. The number of nitrogens with zero attached hydrogens (tertiary/aromatic N) is 1. The van der Waals surface area contributed by atoms with Gasteiger partial charge in [0, 0.05) is 11.6 Å². The Labute approximate surface area is 103 Å². The summed E-state index contributed by atoms with van der Waals surface area (Å²) in [6.45, 7) is 3.40. The van der Waals surface area contributed by atoms with Crippen molar-refractivity contribution in [1.82, 2.24) is 10.3 Å². The Bertz CT molecular complexity index is 474. The third kappa shape index (κ3) is 3.04. The largest absolute Gasteiger partial charge is 0.320 e. The van der Waals surface area contributed by atoms with Crippen LogP contribution in [-0.4, -0.2) is 18.6 Å². The molecule has 0 radical (unpaired) electrons. The Morgan fingerprint density at radius 3 is 2.88 bits per heavy atom. The van der Waals surface area contributed by atoms with E-state index < -0.39 is 0 Å². The van der Waals surface area contributed by atoms with Crippen LogP contribution in [0.4, 0.5) is 0 Å². The number of pyridine rings is 1. The normalized spacial score (nSPS) is 12.8. The van der Waals surface area contributed by atoms with E-state index in [2.05, 4.69) is 41.5 Å². The van der Waals surface area contributed by atoms with Gasteiger partial charge in [-0.25, -0.2) is 0 Å². The lowest BCUT2D eigenvalue weighted by Crippen LogP contribution is -2.13. The second-order valence-corrected chi connectivity index (χ2v) is 4.69. The molecule has 1 aromatic heterocycles. The maximum Gasteiger partial charge on any atom is 0.0704 e. The summed E-state index contributed by atoms with van der Waals surface area (Å²) < 4.78 is 0. The van der Waals surface area contributed by atoms with Crippen LogP contribution >= 0.6 is 0 Å². The highest BCUT2D eigenvalue weighted by Crippen LogP contribution is 2.20. The van der Waals surface area contributed by atoms with E-state index in [0.29, 0.717) is 5.92 Å². The highest BCUT2D eigenvalue weighted by molar-refractivity contribution is 5.81. The molecular formula is C15H20N2. The van der Waals surface area contributed by atoms with Crippen LogP contribution in [0.15, 0.2) is 36.5 Å². The van der Waals surface area contributed by atoms with E-state index in [1.54, 1.807) is 0 Å². The summed E-state index contributed by atoms with van der Waals surface area (Å²) >= 11 is 0. The van der Waals surface area contributed by atoms with Gasteiger partial charge in [0.25, 0.3) is 0 Å². The van der Waals surface area contributed by atoms with Crippen molar-refractivity contribution < 1.29 is 0 Å². The Balaban J connectivity index is 2.18. The van der Waals surface area contributed by atoms with Gasteiger partial charge in [0.2, 0.25) is 0 Å². The average molecular weight is 228 g/mol. The smallest absolute Gasteiger partial charge is 0.0704 e. The summed E-state index contributed by atoms with van der Waals surface area (Å²) in [6.07, 6.45) is 4.26. The van der Waals surface area contributed by atoms with Gasteiger partial charge in [0.1, 0.15) is 0 Å². The number of nitrogens with one attached hydrogen (secondary N) is 1. The Morgan fingerprint density at radius 2 is 2.06 bits per heavy atom. The lowest BCUT2D eigenvalue weighted by Gasteiger charge is -2.12. The third-order valence-corrected chi connectivity index (χ3v) is 3.19. The fourth-order valence-corrected chi connectivity index (χ4v) is 2.20. The van der Waals surface area contributed by atoms with Gasteiger partial charge in [0.05, 0.1) is 5.52 Å². The second-order valence-electron chi connectivity index (χ2n) is 4.69. The molecule has 2 nitrogen and oxygen atoms in total. The number of rotatable bonds is 5. The lowest BCUT2D eigenvalue weighted by atomic mass is 9.96. The van der Waals surface area contributed by atoms with Crippen LogP contribution in [-0.2, 0) is 6.42 Å². The summed E-state index contributed by atoms with van der Waals surface area (Å²) in [4.78, 5) is 4.40. The fraction of sp³-hybridized carbons (Fsp3) is 0.400. The molecule has 2 heteroatoms. The first kappa shape index (κ1) is 12.1. The molecule has 1 N–H and O–H groups in total. The molecule has 0 aliphatic rings. The van der Waals surface area contributed by atoms with Gasteiger partial charge in [-0.15, -0.1) is 0 Å². The topological polar surface area (TPSA) is 24.9 Å². The molecule has 2 rings (SSSR count). The van der Waals surface area contributed by atoms with Crippen molar-refractivity contribution in [2.45, 2.75) is 19.8 Å². The first-order valence-electron chi connectivity index (χ1n) is 6.28. The Kier molecular flexibility index (Phi) is 4.10. The van der Waals surface area contributed by atoms with Crippen LogP contribution in [0.5, 0.6) is 0 Å². The summed E-state index contributed by atoms with van der Waals surface area (Å²) in [5.41, 5.74) is 2.52. The molecule has 2 aromatic rings. The van der Waals surface area contributed by atoms with Gasteiger partial charge in [-0.1, -0.05) is 25.1 Å². The van der Waals surface area contributed by atoms with Crippen molar-refractivity contribution >= 4 is 10.9 Å². The first-order valence-corrected chi connectivity index (χ1v) is 6.28. The Morgan fingerprint density at radius 1 is 1.24 bits per heavy atom.